The van der Waals surface area contributed by atoms with Crippen LogP contribution < -0.4 is 0 Å². The van der Waals surface area contributed by atoms with Crippen molar-refractivity contribution in [2.45, 2.75) is 13.1 Å². The Morgan fingerprint density at radius 3 is 1.62 bits per heavy atom. The maximum Gasteiger partial charge on any atom is 0.309 e. The van der Waals surface area contributed by atoms with Gasteiger partial charge in [0.2, 0.25) is 0 Å². The first-order valence-electron chi connectivity index (χ1n) is 8.46. The van der Waals surface area contributed by atoms with Crippen molar-refractivity contribution in [1.82, 2.24) is 9.80 Å². The largest absolute Gasteiger partial charge is 0.481 e. The molecule has 1 fully saturated rings. The summed E-state index contributed by atoms with van der Waals surface area (Å²) in [7, 11) is 0. The topological polar surface area (TPSA) is 43.8 Å². The van der Waals surface area contributed by atoms with Gasteiger partial charge in [0.1, 0.15) is 0 Å². The zero-order valence-corrected chi connectivity index (χ0v) is 13.8. The molecule has 126 valence electrons. The Kier molecular flexibility index (Phi) is 5.62. The van der Waals surface area contributed by atoms with Crippen LogP contribution in [0.4, 0.5) is 0 Å². The van der Waals surface area contributed by atoms with E-state index in [9.17, 15) is 9.90 Å². The minimum atomic E-state index is -0.701. The highest BCUT2D eigenvalue weighted by Crippen LogP contribution is 2.15. The Morgan fingerprint density at radius 2 is 1.25 bits per heavy atom. The Bertz CT molecular complexity index is 594. The van der Waals surface area contributed by atoms with Gasteiger partial charge in [0.05, 0.1) is 5.92 Å². The lowest BCUT2D eigenvalue weighted by Gasteiger charge is -2.21. The number of nitrogens with zero attached hydrogens (tertiary/aromatic N) is 2. The first kappa shape index (κ1) is 16.7. The molecule has 0 radical (unpaired) electrons. The summed E-state index contributed by atoms with van der Waals surface area (Å²) in [5.74, 6) is -1.05. The van der Waals surface area contributed by atoms with Crippen LogP contribution in [-0.2, 0) is 17.9 Å². The molecule has 0 unspecified atom stereocenters. The van der Waals surface area contributed by atoms with Crippen LogP contribution in [0.3, 0.4) is 0 Å². The number of hydrogen-bond acceptors (Lipinski definition) is 3. The predicted molar refractivity (Wildman–Crippen MR) is 94.6 cm³/mol. The van der Waals surface area contributed by atoms with E-state index < -0.39 is 5.97 Å². The molecular weight excluding hydrogens is 300 g/mol. The second kappa shape index (κ2) is 8.08. The second-order valence-electron chi connectivity index (χ2n) is 6.48. The minimum absolute atomic E-state index is 0.347. The van der Waals surface area contributed by atoms with Gasteiger partial charge in [0, 0.05) is 39.3 Å². The Hall–Kier alpha value is -2.17. The smallest absolute Gasteiger partial charge is 0.309 e. The molecular formula is C20H24N2O2. The van der Waals surface area contributed by atoms with Gasteiger partial charge in [-0.25, -0.2) is 0 Å². The predicted octanol–water partition coefficient (Wildman–Crippen LogP) is 2.71. The van der Waals surface area contributed by atoms with Crippen LogP contribution in [-0.4, -0.2) is 47.1 Å². The summed E-state index contributed by atoms with van der Waals surface area (Å²) in [6, 6.07) is 20.5. The molecule has 0 spiro atoms. The highest BCUT2D eigenvalue weighted by atomic mass is 16.4. The van der Waals surface area contributed by atoms with E-state index in [-0.39, 0.29) is 5.92 Å². The zero-order chi connectivity index (χ0) is 16.8. The summed E-state index contributed by atoms with van der Waals surface area (Å²) in [5, 5.41) is 9.58. The second-order valence-corrected chi connectivity index (χ2v) is 6.48. The van der Waals surface area contributed by atoms with Crippen LogP contribution in [0, 0.1) is 5.92 Å². The van der Waals surface area contributed by atoms with E-state index in [1.54, 1.807) is 0 Å². The zero-order valence-electron chi connectivity index (χ0n) is 13.8. The third kappa shape index (κ3) is 4.66. The van der Waals surface area contributed by atoms with E-state index in [4.69, 9.17) is 0 Å². The number of carboxylic acids is 1. The lowest BCUT2D eigenvalue weighted by atomic mass is 10.1. The number of benzene rings is 2. The molecule has 2 aromatic carbocycles. The number of carbonyl (C=O) groups is 1. The van der Waals surface area contributed by atoms with E-state index in [1.165, 1.54) is 11.1 Å². The molecule has 0 saturated carbocycles. The fraction of sp³-hybridized carbons (Fsp3) is 0.350. The number of hydrogen-bond donors (Lipinski definition) is 1. The third-order valence-electron chi connectivity index (χ3n) is 4.54. The van der Waals surface area contributed by atoms with Crippen LogP contribution in [0.15, 0.2) is 60.7 Å². The molecule has 4 nitrogen and oxygen atoms in total. The molecule has 0 bridgehead atoms. The highest BCUT2D eigenvalue weighted by molar-refractivity contribution is 5.70. The fourth-order valence-corrected chi connectivity index (χ4v) is 3.27. The number of carboxylic acid groups (broad SMARTS) is 1. The van der Waals surface area contributed by atoms with Crippen LogP contribution in [0.2, 0.25) is 0 Å². The van der Waals surface area contributed by atoms with E-state index in [1.807, 2.05) is 36.4 Å². The molecule has 1 aliphatic rings. The molecule has 0 amide bonds. The summed E-state index contributed by atoms with van der Waals surface area (Å²) in [6.07, 6.45) is 0. The van der Waals surface area contributed by atoms with Crippen molar-refractivity contribution in [2.75, 3.05) is 26.2 Å². The van der Waals surface area contributed by atoms with Gasteiger partial charge in [0.15, 0.2) is 0 Å². The summed E-state index contributed by atoms with van der Waals surface area (Å²) >= 11 is 0. The van der Waals surface area contributed by atoms with Crippen molar-refractivity contribution in [3.8, 4) is 0 Å². The van der Waals surface area contributed by atoms with Crippen LogP contribution in [0.5, 0.6) is 0 Å². The van der Waals surface area contributed by atoms with Gasteiger partial charge in [-0.1, -0.05) is 60.7 Å². The lowest BCUT2D eigenvalue weighted by Crippen LogP contribution is -2.34. The summed E-state index contributed by atoms with van der Waals surface area (Å²) in [4.78, 5) is 16.2. The fourth-order valence-electron chi connectivity index (χ4n) is 3.27. The van der Waals surface area contributed by atoms with Crippen molar-refractivity contribution in [3.63, 3.8) is 0 Å². The molecule has 1 aliphatic heterocycles. The molecule has 24 heavy (non-hydrogen) atoms. The quantitative estimate of drug-likeness (QED) is 0.918. The molecule has 2 aromatic rings. The Balaban J connectivity index is 1.67. The maximum absolute atomic E-state index is 11.6. The van der Waals surface area contributed by atoms with E-state index in [2.05, 4.69) is 34.1 Å². The van der Waals surface area contributed by atoms with Gasteiger partial charge in [-0.2, -0.15) is 0 Å². The average Bonchev–Trinajstić information content (AvgIpc) is 2.79. The molecule has 1 N–H and O–H groups in total. The third-order valence-corrected chi connectivity index (χ3v) is 4.54. The van der Waals surface area contributed by atoms with E-state index in [0.717, 1.165) is 26.2 Å². The first-order chi connectivity index (χ1) is 11.7. The van der Waals surface area contributed by atoms with Gasteiger partial charge >= 0.3 is 5.97 Å². The van der Waals surface area contributed by atoms with E-state index in [0.29, 0.717) is 13.1 Å². The van der Waals surface area contributed by atoms with Crippen LogP contribution in [0.1, 0.15) is 11.1 Å². The van der Waals surface area contributed by atoms with Crippen LogP contribution >= 0.6 is 0 Å². The molecule has 0 aromatic heterocycles. The van der Waals surface area contributed by atoms with Gasteiger partial charge in [-0.15, -0.1) is 0 Å². The van der Waals surface area contributed by atoms with Gasteiger partial charge < -0.3 is 5.11 Å². The standard InChI is InChI=1S/C20H24N2O2/c23-20(24)19-15-21(13-17-7-3-1-4-8-17)11-12-22(16-19)14-18-9-5-2-6-10-18/h1-10,19H,11-16H2,(H,23,24). The van der Waals surface area contributed by atoms with Gasteiger partial charge in [-0.05, 0) is 11.1 Å². The summed E-state index contributed by atoms with van der Waals surface area (Å²) in [6.45, 7) is 4.62. The molecule has 3 rings (SSSR count). The molecule has 1 saturated heterocycles. The van der Waals surface area contributed by atoms with Crippen molar-refractivity contribution in [1.29, 1.82) is 0 Å². The normalized spacial score (nSPS) is 17.5. The first-order valence-corrected chi connectivity index (χ1v) is 8.46. The summed E-state index contributed by atoms with van der Waals surface area (Å²) in [5.41, 5.74) is 2.47. The molecule has 4 heteroatoms. The monoisotopic (exact) mass is 324 g/mol. The van der Waals surface area contributed by atoms with Crippen molar-refractivity contribution in [3.05, 3.63) is 71.8 Å². The van der Waals surface area contributed by atoms with Crippen molar-refractivity contribution >= 4 is 5.97 Å². The average molecular weight is 324 g/mol. The minimum Gasteiger partial charge on any atom is -0.481 e. The Labute approximate surface area is 143 Å². The Morgan fingerprint density at radius 1 is 0.833 bits per heavy atom. The van der Waals surface area contributed by atoms with Gasteiger partial charge in [-0.3, -0.25) is 14.6 Å². The van der Waals surface area contributed by atoms with Crippen molar-refractivity contribution < 1.29 is 9.90 Å². The lowest BCUT2D eigenvalue weighted by molar-refractivity contribution is -0.142. The molecule has 1 heterocycles. The number of rotatable bonds is 5. The van der Waals surface area contributed by atoms with Crippen LogP contribution in [0.25, 0.3) is 0 Å². The number of aliphatic carboxylic acids is 1. The van der Waals surface area contributed by atoms with Gasteiger partial charge in [0.25, 0.3) is 0 Å². The van der Waals surface area contributed by atoms with E-state index >= 15 is 0 Å². The van der Waals surface area contributed by atoms with Crippen molar-refractivity contribution in [2.24, 2.45) is 5.92 Å². The molecule has 0 aliphatic carbocycles. The highest BCUT2D eigenvalue weighted by Gasteiger charge is 2.27. The maximum atomic E-state index is 11.6. The SMILES string of the molecule is O=C(O)C1CN(Cc2ccccc2)CCN(Cc2ccccc2)C1. The molecule has 0 atom stereocenters. The summed E-state index contributed by atoms with van der Waals surface area (Å²) < 4.78 is 0.